The van der Waals surface area contributed by atoms with E-state index in [0.717, 1.165) is 3.97 Å². The van der Waals surface area contributed by atoms with Crippen LogP contribution in [0.4, 0.5) is 19.1 Å². The highest BCUT2D eigenvalue weighted by Gasteiger charge is 2.25. The first-order valence-corrected chi connectivity index (χ1v) is 9.26. The number of benzene rings is 2. The maximum atomic E-state index is 13.4. The van der Waals surface area contributed by atoms with Gasteiger partial charge in [-0.3, -0.25) is 4.79 Å². The number of hydrogen-bond acceptors (Lipinski definition) is 5. The Labute approximate surface area is 152 Å². The van der Waals surface area contributed by atoms with E-state index in [0.29, 0.717) is 12.1 Å². The van der Waals surface area contributed by atoms with Crippen LogP contribution in [0.2, 0.25) is 0 Å². The third-order valence-electron chi connectivity index (χ3n) is 4.00. The molecule has 1 aromatic heterocycles. The van der Waals surface area contributed by atoms with Gasteiger partial charge >= 0.3 is 0 Å². The number of ketones is 1. The molecular formula is C17H14F3N3O3S. The van der Waals surface area contributed by atoms with E-state index in [-0.39, 0.29) is 22.5 Å². The SMILES string of the molecule is CC(C)S(=O)(=O)n1c(N)nc2ccc(C(=O)c3cc(F)c(F)c(F)c3)cc21. The third kappa shape index (κ3) is 3.05. The third-order valence-corrected chi connectivity index (χ3v) is 6.08. The van der Waals surface area contributed by atoms with Crippen LogP contribution in [-0.4, -0.2) is 28.4 Å². The number of carbonyl (C=O) groups excluding carboxylic acids is 1. The predicted molar refractivity (Wildman–Crippen MR) is 93.3 cm³/mol. The fraction of sp³-hybridized carbons (Fsp3) is 0.176. The predicted octanol–water partition coefficient (Wildman–Crippen LogP) is 2.85. The van der Waals surface area contributed by atoms with Crippen molar-refractivity contribution in [3.8, 4) is 0 Å². The van der Waals surface area contributed by atoms with Gasteiger partial charge in [-0.1, -0.05) is 0 Å². The van der Waals surface area contributed by atoms with E-state index in [4.69, 9.17) is 5.73 Å². The first-order chi connectivity index (χ1) is 12.5. The number of rotatable bonds is 4. The molecule has 10 heteroatoms. The van der Waals surface area contributed by atoms with E-state index < -0.39 is 44.1 Å². The largest absolute Gasteiger partial charge is 0.368 e. The maximum Gasteiger partial charge on any atom is 0.244 e. The molecule has 0 aliphatic rings. The Morgan fingerprint density at radius 3 is 2.22 bits per heavy atom. The minimum atomic E-state index is -3.87. The van der Waals surface area contributed by atoms with Crippen LogP contribution in [0.3, 0.4) is 0 Å². The number of anilines is 1. The minimum absolute atomic E-state index is 0.0510. The molecule has 0 radical (unpaired) electrons. The van der Waals surface area contributed by atoms with Crippen molar-refractivity contribution in [2.24, 2.45) is 0 Å². The lowest BCUT2D eigenvalue weighted by Crippen LogP contribution is -2.23. The van der Waals surface area contributed by atoms with Crippen LogP contribution >= 0.6 is 0 Å². The van der Waals surface area contributed by atoms with Gasteiger partial charge in [-0.25, -0.2) is 30.5 Å². The molecule has 0 fully saturated rings. The summed E-state index contributed by atoms with van der Waals surface area (Å²) in [4.78, 5) is 16.5. The molecule has 0 amide bonds. The number of imidazole rings is 1. The Hall–Kier alpha value is -2.88. The van der Waals surface area contributed by atoms with E-state index in [2.05, 4.69) is 4.98 Å². The number of hydrogen-bond donors (Lipinski definition) is 1. The van der Waals surface area contributed by atoms with Gasteiger partial charge in [-0.05, 0) is 44.2 Å². The topological polar surface area (TPSA) is 95.1 Å². The van der Waals surface area contributed by atoms with Crippen LogP contribution in [0.1, 0.15) is 29.8 Å². The Balaban J connectivity index is 2.19. The molecule has 2 N–H and O–H groups in total. The summed E-state index contributed by atoms with van der Waals surface area (Å²) < 4.78 is 65.8. The highest BCUT2D eigenvalue weighted by Crippen LogP contribution is 2.25. The van der Waals surface area contributed by atoms with Crippen molar-refractivity contribution in [2.75, 3.05) is 5.73 Å². The molecule has 3 aromatic rings. The smallest absolute Gasteiger partial charge is 0.244 e. The molecule has 0 aliphatic carbocycles. The lowest BCUT2D eigenvalue weighted by atomic mass is 10.0. The molecule has 0 unspecified atom stereocenters. The Kier molecular flexibility index (Phi) is 4.46. The Morgan fingerprint density at radius 2 is 1.67 bits per heavy atom. The van der Waals surface area contributed by atoms with Gasteiger partial charge in [0.05, 0.1) is 16.3 Å². The number of fused-ring (bicyclic) bond motifs is 1. The van der Waals surface area contributed by atoms with Crippen molar-refractivity contribution in [1.82, 2.24) is 8.96 Å². The fourth-order valence-electron chi connectivity index (χ4n) is 2.55. The van der Waals surface area contributed by atoms with Crippen molar-refractivity contribution < 1.29 is 26.4 Å². The van der Waals surface area contributed by atoms with Crippen LogP contribution in [0.15, 0.2) is 30.3 Å². The highest BCUT2D eigenvalue weighted by molar-refractivity contribution is 7.90. The van der Waals surface area contributed by atoms with E-state index in [1.807, 2.05) is 0 Å². The van der Waals surface area contributed by atoms with Gasteiger partial charge in [-0.2, -0.15) is 0 Å². The average Bonchev–Trinajstić information content (AvgIpc) is 2.93. The summed E-state index contributed by atoms with van der Waals surface area (Å²) in [5.74, 6) is -5.78. The number of halogens is 3. The van der Waals surface area contributed by atoms with E-state index in [1.165, 1.54) is 32.0 Å². The van der Waals surface area contributed by atoms with Crippen molar-refractivity contribution in [2.45, 2.75) is 19.1 Å². The van der Waals surface area contributed by atoms with Gasteiger partial charge in [0.15, 0.2) is 23.2 Å². The maximum absolute atomic E-state index is 13.4. The van der Waals surface area contributed by atoms with Crippen LogP contribution in [0, 0.1) is 17.5 Å². The standard InChI is InChI=1S/C17H14F3N3O3S/c1-8(2)27(25,26)23-14-7-9(3-4-13(14)22-17(23)21)16(24)10-5-11(18)15(20)12(19)6-10/h3-8H,1-2H3,(H2,21,22). The molecule has 27 heavy (non-hydrogen) atoms. The molecule has 0 spiro atoms. The molecule has 0 atom stereocenters. The average molecular weight is 397 g/mol. The zero-order valence-corrected chi connectivity index (χ0v) is 15.0. The monoisotopic (exact) mass is 397 g/mol. The molecule has 6 nitrogen and oxygen atoms in total. The quantitative estimate of drug-likeness (QED) is 0.540. The van der Waals surface area contributed by atoms with Crippen LogP contribution in [0.5, 0.6) is 0 Å². The lowest BCUT2D eigenvalue weighted by molar-refractivity contribution is 0.103. The highest BCUT2D eigenvalue weighted by atomic mass is 32.2. The van der Waals surface area contributed by atoms with Crippen LogP contribution in [0.25, 0.3) is 11.0 Å². The summed E-state index contributed by atoms with van der Waals surface area (Å²) in [6.07, 6.45) is 0. The van der Waals surface area contributed by atoms with Crippen molar-refractivity contribution in [3.63, 3.8) is 0 Å². The second-order valence-electron chi connectivity index (χ2n) is 6.11. The number of carbonyl (C=O) groups is 1. The number of nitrogens with zero attached hydrogens (tertiary/aromatic N) is 2. The molecule has 0 saturated heterocycles. The van der Waals surface area contributed by atoms with Gasteiger partial charge in [0, 0.05) is 11.1 Å². The minimum Gasteiger partial charge on any atom is -0.368 e. The fourth-order valence-corrected chi connectivity index (χ4v) is 3.69. The second kappa shape index (κ2) is 6.38. The number of aromatic nitrogens is 2. The molecular weight excluding hydrogens is 383 g/mol. The molecule has 142 valence electrons. The van der Waals surface area contributed by atoms with Gasteiger partial charge in [0.2, 0.25) is 16.0 Å². The second-order valence-corrected chi connectivity index (χ2v) is 8.45. The van der Waals surface area contributed by atoms with E-state index in [1.54, 1.807) is 0 Å². The summed E-state index contributed by atoms with van der Waals surface area (Å²) in [5.41, 5.74) is 5.51. The Bertz CT molecular complexity index is 1160. The molecule has 0 saturated carbocycles. The van der Waals surface area contributed by atoms with Gasteiger partial charge in [0.1, 0.15) is 0 Å². The van der Waals surface area contributed by atoms with Crippen molar-refractivity contribution in [3.05, 3.63) is 58.9 Å². The van der Waals surface area contributed by atoms with Crippen LogP contribution in [-0.2, 0) is 10.0 Å². The molecule has 0 bridgehead atoms. The Morgan fingerprint density at radius 1 is 1.07 bits per heavy atom. The van der Waals surface area contributed by atoms with E-state index in [9.17, 15) is 26.4 Å². The van der Waals surface area contributed by atoms with Crippen LogP contribution < -0.4 is 5.73 Å². The summed E-state index contributed by atoms with van der Waals surface area (Å²) >= 11 is 0. The van der Waals surface area contributed by atoms with Gasteiger partial charge < -0.3 is 5.73 Å². The van der Waals surface area contributed by atoms with Crippen molar-refractivity contribution >= 4 is 32.8 Å². The lowest BCUT2D eigenvalue weighted by Gasteiger charge is -2.11. The summed E-state index contributed by atoms with van der Waals surface area (Å²) in [7, 11) is -3.87. The number of nitrogens with two attached hydrogens (primary N) is 1. The van der Waals surface area contributed by atoms with Gasteiger partial charge in [-0.15, -0.1) is 0 Å². The summed E-state index contributed by atoms with van der Waals surface area (Å²) in [6, 6.07) is 5.02. The zero-order valence-electron chi connectivity index (χ0n) is 14.2. The zero-order chi connectivity index (χ0) is 20.1. The van der Waals surface area contributed by atoms with E-state index >= 15 is 0 Å². The normalized spacial score (nSPS) is 12.1. The molecule has 2 aromatic carbocycles. The number of nitrogen functional groups attached to an aromatic ring is 1. The van der Waals surface area contributed by atoms with Crippen molar-refractivity contribution in [1.29, 1.82) is 0 Å². The molecule has 3 rings (SSSR count). The summed E-state index contributed by atoms with van der Waals surface area (Å²) in [5, 5.41) is -0.808. The van der Waals surface area contributed by atoms with Gasteiger partial charge in [0.25, 0.3) is 0 Å². The summed E-state index contributed by atoms with van der Waals surface area (Å²) in [6.45, 7) is 2.92. The first-order valence-electron chi connectivity index (χ1n) is 7.75. The molecule has 1 heterocycles. The first kappa shape index (κ1) is 18.9. The molecule has 0 aliphatic heterocycles.